The second kappa shape index (κ2) is 9.95. The van der Waals surface area contributed by atoms with E-state index in [9.17, 15) is 14.4 Å². The van der Waals surface area contributed by atoms with Crippen molar-refractivity contribution in [3.05, 3.63) is 47.0 Å². The van der Waals surface area contributed by atoms with Gasteiger partial charge < -0.3 is 9.64 Å². The average Bonchev–Trinajstić information content (AvgIpc) is 2.76. The third-order valence-electron chi connectivity index (χ3n) is 4.98. The maximum Gasteiger partial charge on any atom is 0.310 e. The number of aromatic nitrogens is 3. The zero-order chi connectivity index (χ0) is 20.6. The van der Waals surface area contributed by atoms with Gasteiger partial charge in [-0.1, -0.05) is 0 Å². The molecule has 1 aliphatic rings. The van der Waals surface area contributed by atoms with Crippen molar-refractivity contribution in [2.24, 2.45) is 5.92 Å². The van der Waals surface area contributed by atoms with Crippen LogP contribution in [0, 0.1) is 5.92 Å². The number of hydrogen-bond acceptors (Lipinski definition) is 6. The van der Waals surface area contributed by atoms with E-state index in [1.807, 2.05) is 12.1 Å². The van der Waals surface area contributed by atoms with E-state index in [0.29, 0.717) is 44.8 Å². The molecule has 0 radical (unpaired) electrons. The Bertz CT molecular complexity index is 897. The fourth-order valence-electron chi connectivity index (χ4n) is 3.47. The Balaban J connectivity index is 1.55. The summed E-state index contributed by atoms with van der Waals surface area (Å²) < 4.78 is 6.46. The molecule has 0 N–H and O–H groups in total. The van der Waals surface area contributed by atoms with Crippen LogP contribution in [0.25, 0.3) is 11.3 Å². The molecule has 1 saturated heterocycles. The number of pyridine rings is 1. The van der Waals surface area contributed by atoms with E-state index in [1.165, 1.54) is 10.7 Å². The second-order valence-corrected chi connectivity index (χ2v) is 7.06. The first-order valence-corrected chi connectivity index (χ1v) is 10.0. The van der Waals surface area contributed by atoms with Crippen LogP contribution < -0.4 is 5.56 Å². The van der Waals surface area contributed by atoms with Gasteiger partial charge in [0.2, 0.25) is 5.91 Å². The lowest BCUT2D eigenvalue weighted by molar-refractivity contribution is -0.151. The molecule has 154 valence electrons. The summed E-state index contributed by atoms with van der Waals surface area (Å²) in [5.41, 5.74) is 1.29. The predicted molar refractivity (Wildman–Crippen MR) is 107 cm³/mol. The van der Waals surface area contributed by atoms with Crippen LogP contribution in [0.1, 0.15) is 32.6 Å². The molecule has 2 aromatic rings. The van der Waals surface area contributed by atoms with Crippen molar-refractivity contribution >= 4 is 11.9 Å². The number of amides is 1. The van der Waals surface area contributed by atoms with E-state index < -0.39 is 0 Å². The van der Waals surface area contributed by atoms with Crippen molar-refractivity contribution in [2.75, 3.05) is 19.7 Å². The summed E-state index contributed by atoms with van der Waals surface area (Å²) in [6, 6.07) is 6.84. The van der Waals surface area contributed by atoms with Crippen LogP contribution in [0.3, 0.4) is 0 Å². The number of esters is 1. The molecule has 0 aliphatic carbocycles. The van der Waals surface area contributed by atoms with E-state index >= 15 is 0 Å². The highest BCUT2D eigenvalue weighted by Crippen LogP contribution is 2.19. The molecule has 3 rings (SSSR count). The van der Waals surface area contributed by atoms with E-state index in [4.69, 9.17) is 4.74 Å². The Morgan fingerprint density at radius 2 is 2.14 bits per heavy atom. The summed E-state index contributed by atoms with van der Waals surface area (Å²) >= 11 is 0. The molecule has 1 fully saturated rings. The lowest BCUT2D eigenvalue weighted by Gasteiger charge is -2.31. The molecule has 0 aromatic carbocycles. The van der Waals surface area contributed by atoms with Gasteiger partial charge in [0.25, 0.3) is 5.56 Å². The van der Waals surface area contributed by atoms with Crippen LogP contribution in [0.4, 0.5) is 0 Å². The molecule has 0 spiro atoms. The molecular weight excluding hydrogens is 372 g/mol. The fraction of sp³-hybridized carbons (Fsp3) is 0.476. The molecule has 8 nitrogen and oxygen atoms in total. The number of piperidine rings is 1. The van der Waals surface area contributed by atoms with Crippen molar-refractivity contribution in [3.63, 3.8) is 0 Å². The van der Waals surface area contributed by atoms with Gasteiger partial charge in [0.1, 0.15) is 0 Å². The van der Waals surface area contributed by atoms with Gasteiger partial charge in [-0.15, -0.1) is 0 Å². The topological polar surface area (TPSA) is 94.4 Å². The van der Waals surface area contributed by atoms with E-state index in [-0.39, 0.29) is 23.4 Å². The summed E-state index contributed by atoms with van der Waals surface area (Å²) in [7, 11) is 0. The van der Waals surface area contributed by atoms with Crippen LogP contribution in [0.2, 0.25) is 0 Å². The molecule has 0 bridgehead atoms. The van der Waals surface area contributed by atoms with Gasteiger partial charge in [-0.2, -0.15) is 5.10 Å². The molecule has 1 aliphatic heterocycles. The van der Waals surface area contributed by atoms with E-state index in [0.717, 1.165) is 18.4 Å². The lowest BCUT2D eigenvalue weighted by Crippen LogP contribution is -2.42. The SMILES string of the molecule is CCOC(=O)C1CCCN(C(=O)CCCn2nc(-c3cccnc3)ccc2=O)C1. The molecule has 29 heavy (non-hydrogen) atoms. The minimum Gasteiger partial charge on any atom is -0.466 e. The predicted octanol–water partition coefficient (Wildman–Crippen LogP) is 1.89. The van der Waals surface area contributed by atoms with Crippen molar-refractivity contribution < 1.29 is 14.3 Å². The summed E-state index contributed by atoms with van der Waals surface area (Å²) in [6.45, 7) is 3.55. The molecule has 0 saturated carbocycles. The molecular formula is C21H26N4O4. The molecule has 3 heterocycles. The first kappa shape index (κ1) is 20.7. The maximum atomic E-state index is 12.5. The molecule has 1 amide bonds. The Morgan fingerprint density at radius 3 is 2.90 bits per heavy atom. The number of rotatable bonds is 7. The zero-order valence-corrected chi connectivity index (χ0v) is 16.6. The lowest BCUT2D eigenvalue weighted by atomic mass is 9.98. The summed E-state index contributed by atoms with van der Waals surface area (Å²) in [5.74, 6) is -0.475. The van der Waals surface area contributed by atoms with Gasteiger partial charge in [-0.25, -0.2) is 4.68 Å². The van der Waals surface area contributed by atoms with Crippen LogP contribution in [0.15, 0.2) is 41.5 Å². The third-order valence-corrected chi connectivity index (χ3v) is 4.98. The van der Waals surface area contributed by atoms with Crippen LogP contribution in [-0.2, 0) is 20.9 Å². The highest BCUT2D eigenvalue weighted by Gasteiger charge is 2.29. The minimum atomic E-state index is -0.243. The van der Waals surface area contributed by atoms with E-state index in [1.54, 1.807) is 30.3 Å². The minimum absolute atomic E-state index is 0.00420. The highest BCUT2D eigenvalue weighted by atomic mass is 16.5. The first-order valence-electron chi connectivity index (χ1n) is 10.0. The monoisotopic (exact) mass is 398 g/mol. The number of hydrogen-bond donors (Lipinski definition) is 0. The Labute approximate surface area is 169 Å². The Hall–Kier alpha value is -3.03. The van der Waals surface area contributed by atoms with Crippen LogP contribution in [-0.4, -0.2) is 51.2 Å². The van der Waals surface area contributed by atoms with Gasteiger partial charge in [-0.3, -0.25) is 19.4 Å². The van der Waals surface area contributed by atoms with Gasteiger partial charge >= 0.3 is 5.97 Å². The van der Waals surface area contributed by atoms with Crippen molar-refractivity contribution in [2.45, 2.75) is 39.2 Å². The number of nitrogens with zero attached hydrogens (tertiary/aromatic N) is 4. The molecule has 1 atom stereocenters. The standard InChI is InChI=1S/C21H26N4O4/c1-2-29-21(28)17-7-4-12-24(15-17)19(26)8-5-13-25-20(27)10-9-18(23-25)16-6-3-11-22-14-16/h3,6,9-11,14,17H,2,4-5,7-8,12-13,15H2,1H3. The van der Waals surface area contributed by atoms with Gasteiger partial charge in [0, 0.05) is 50.1 Å². The summed E-state index contributed by atoms with van der Waals surface area (Å²) in [6.07, 6.45) is 5.73. The first-order chi connectivity index (χ1) is 14.1. The largest absolute Gasteiger partial charge is 0.466 e. The van der Waals surface area contributed by atoms with Crippen LogP contribution >= 0.6 is 0 Å². The number of ether oxygens (including phenoxy) is 1. The normalized spacial score (nSPS) is 16.4. The molecule has 2 aromatic heterocycles. The Morgan fingerprint density at radius 1 is 1.28 bits per heavy atom. The average molecular weight is 398 g/mol. The maximum absolute atomic E-state index is 12.5. The zero-order valence-electron chi connectivity index (χ0n) is 16.6. The quantitative estimate of drug-likeness (QED) is 0.661. The van der Waals surface area contributed by atoms with Crippen molar-refractivity contribution in [1.29, 1.82) is 0 Å². The van der Waals surface area contributed by atoms with Gasteiger partial charge in [-0.05, 0) is 44.4 Å². The smallest absolute Gasteiger partial charge is 0.310 e. The van der Waals surface area contributed by atoms with E-state index in [2.05, 4.69) is 10.1 Å². The number of aryl methyl sites for hydroxylation is 1. The summed E-state index contributed by atoms with van der Waals surface area (Å²) in [4.78, 5) is 42.4. The third kappa shape index (κ3) is 5.49. The Kier molecular flexibility index (Phi) is 7.10. The second-order valence-electron chi connectivity index (χ2n) is 7.06. The summed E-state index contributed by atoms with van der Waals surface area (Å²) in [5, 5.41) is 4.39. The number of likely N-dealkylation sites (tertiary alicyclic amines) is 1. The highest BCUT2D eigenvalue weighted by molar-refractivity contribution is 5.78. The number of carbonyl (C=O) groups is 2. The van der Waals surface area contributed by atoms with Crippen LogP contribution in [0.5, 0.6) is 0 Å². The fourth-order valence-corrected chi connectivity index (χ4v) is 3.47. The molecule has 8 heteroatoms. The van der Waals surface area contributed by atoms with Crippen molar-refractivity contribution in [1.82, 2.24) is 19.7 Å². The number of carbonyl (C=O) groups excluding carboxylic acids is 2. The van der Waals surface area contributed by atoms with Gasteiger partial charge in [0.15, 0.2) is 0 Å². The molecule has 1 unspecified atom stereocenters. The van der Waals surface area contributed by atoms with Crippen molar-refractivity contribution in [3.8, 4) is 11.3 Å². The van der Waals surface area contributed by atoms with Gasteiger partial charge in [0.05, 0.1) is 18.2 Å².